The maximum atomic E-state index is 6.53. The molecule has 1 nitrogen and oxygen atoms in total. The minimum absolute atomic E-state index is 0.105. The summed E-state index contributed by atoms with van der Waals surface area (Å²) in [5.74, 6) is 1.65. The van der Waals surface area contributed by atoms with E-state index in [1.807, 2.05) is 0 Å². The highest BCUT2D eigenvalue weighted by molar-refractivity contribution is 7.07. The molecule has 0 bridgehead atoms. The smallest absolute Gasteiger partial charge is 0.0160 e. The molecule has 90 valence electrons. The van der Waals surface area contributed by atoms with Gasteiger partial charge in [-0.3, -0.25) is 0 Å². The molecular weight excluding hydrogens is 214 g/mol. The SMILES string of the molecule is CC1CCC(N)(CCc2ccsc2)CC1C. The molecule has 1 aliphatic rings. The Bertz CT molecular complexity index is 319. The summed E-state index contributed by atoms with van der Waals surface area (Å²) >= 11 is 1.79. The molecule has 1 aromatic rings. The Labute approximate surface area is 103 Å². The summed E-state index contributed by atoms with van der Waals surface area (Å²) in [4.78, 5) is 0. The highest BCUT2D eigenvalue weighted by atomic mass is 32.1. The minimum atomic E-state index is 0.105. The van der Waals surface area contributed by atoms with Crippen LogP contribution in [0.25, 0.3) is 0 Å². The molecular formula is C14H23NS. The van der Waals surface area contributed by atoms with Gasteiger partial charge < -0.3 is 5.73 Å². The van der Waals surface area contributed by atoms with Gasteiger partial charge in [-0.05, 0) is 66.3 Å². The first-order valence-corrected chi connectivity index (χ1v) is 7.33. The molecule has 3 unspecified atom stereocenters. The number of aryl methyl sites for hydroxylation is 1. The van der Waals surface area contributed by atoms with E-state index in [0.717, 1.165) is 24.7 Å². The van der Waals surface area contributed by atoms with Gasteiger partial charge in [0.1, 0.15) is 0 Å². The second kappa shape index (κ2) is 4.89. The van der Waals surface area contributed by atoms with E-state index in [9.17, 15) is 0 Å². The lowest BCUT2D eigenvalue weighted by Gasteiger charge is -2.40. The quantitative estimate of drug-likeness (QED) is 0.849. The summed E-state index contributed by atoms with van der Waals surface area (Å²) in [6.45, 7) is 4.72. The van der Waals surface area contributed by atoms with E-state index in [-0.39, 0.29) is 5.54 Å². The number of rotatable bonds is 3. The first-order chi connectivity index (χ1) is 7.59. The normalized spacial score (nSPS) is 35.2. The van der Waals surface area contributed by atoms with E-state index in [2.05, 4.69) is 30.7 Å². The molecule has 1 aliphatic carbocycles. The van der Waals surface area contributed by atoms with Gasteiger partial charge in [-0.25, -0.2) is 0 Å². The largest absolute Gasteiger partial charge is 0.325 e. The van der Waals surface area contributed by atoms with Gasteiger partial charge in [-0.15, -0.1) is 0 Å². The molecule has 3 atom stereocenters. The highest BCUT2D eigenvalue weighted by Gasteiger charge is 2.33. The molecule has 0 spiro atoms. The standard InChI is InChI=1S/C14H23NS/c1-11-3-6-14(15,9-12(11)2)7-4-13-5-8-16-10-13/h5,8,10-12H,3-4,6-7,9,15H2,1-2H3. The fourth-order valence-electron chi connectivity index (χ4n) is 2.80. The van der Waals surface area contributed by atoms with Crippen molar-refractivity contribution in [2.24, 2.45) is 17.6 Å². The molecule has 0 aliphatic heterocycles. The van der Waals surface area contributed by atoms with Crippen LogP contribution >= 0.6 is 11.3 Å². The molecule has 1 saturated carbocycles. The Morgan fingerprint density at radius 2 is 2.25 bits per heavy atom. The predicted molar refractivity (Wildman–Crippen MR) is 71.7 cm³/mol. The van der Waals surface area contributed by atoms with E-state index in [0.29, 0.717) is 0 Å². The Hall–Kier alpha value is -0.340. The van der Waals surface area contributed by atoms with E-state index < -0.39 is 0 Å². The highest BCUT2D eigenvalue weighted by Crippen LogP contribution is 2.37. The van der Waals surface area contributed by atoms with Crippen LogP contribution in [0.15, 0.2) is 16.8 Å². The summed E-state index contributed by atoms with van der Waals surface area (Å²) in [6, 6.07) is 2.23. The first-order valence-electron chi connectivity index (χ1n) is 6.39. The van der Waals surface area contributed by atoms with Gasteiger partial charge in [0.2, 0.25) is 0 Å². The van der Waals surface area contributed by atoms with Crippen LogP contribution in [0.1, 0.15) is 45.1 Å². The first kappa shape index (κ1) is 12.1. The predicted octanol–water partition coefficient (Wildman–Crippen LogP) is 3.83. The zero-order chi connectivity index (χ0) is 11.6. The van der Waals surface area contributed by atoms with E-state index in [4.69, 9.17) is 5.73 Å². The third-order valence-corrected chi connectivity index (χ3v) is 5.02. The molecule has 0 saturated heterocycles. The molecule has 0 radical (unpaired) electrons. The molecule has 1 aromatic heterocycles. The summed E-state index contributed by atoms with van der Waals surface area (Å²) in [5, 5.41) is 4.41. The monoisotopic (exact) mass is 237 g/mol. The van der Waals surface area contributed by atoms with Crippen molar-refractivity contribution in [2.75, 3.05) is 0 Å². The maximum Gasteiger partial charge on any atom is 0.0160 e. The molecule has 0 amide bonds. The van der Waals surface area contributed by atoms with Crippen molar-refractivity contribution in [3.63, 3.8) is 0 Å². The van der Waals surface area contributed by atoms with Crippen molar-refractivity contribution in [2.45, 2.75) is 51.5 Å². The van der Waals surface area contributed by atoms with Crippen LogP contribution in [0.2, 0.25) is 0 Å². The Morgan fingerprint density at radius 3 is 2.88 bits per heavy atom. The topological polar surface area (TPSA) is 26.0 Å². The van der Waals surface area contributed by atoms with Crippen LogP contribution in [0.4, 0.5) is 0 Å². The van der Waals surface area contributed by atoms with Gasteiger partial charge in [-0.2, -0.15) is 11.3 Å². The van der Waals surface area contributed by atoms with Gasteiger partial charge in [0.15, 0.2) is 0 Å². The fraction of sp³-hybridized carbons (Fsp3) is 0.714. The molecule has 2 rings (SSSR count). The van der Waals surface area contributed by atoms with Gasteiger partial charge in [0.25, 0.3) is 0 Å². The molecule has 1 heterocycles. The Kier molecular flexibility index (Phi) is 3.70. The van der Waals surface area contributed by atoms with Crippen molar-refractivity contribution in [3.05, 3.63) is 22.4 Å². The third kappa shape index (κ3) is 2.86. The van der Waals surface area contributed by atoms with Crippen LogP contribution < -0.4 is 5.73 Å². The van der Waals surface area contributed by atoms with Crippen molar-refractivity contribution >= 4 is 11.3 Å². The molecule has 1 fully saturated rings. The van der Waals surface area contributed by atoms with Gasteiger partial charge in [0, 0.05) is 5.54 Å². The second-order valence-corrected chi connectivity index (χ2v) is 6.47. The van der Waals surface area contributed by atoms with Crippen molar-refractivity contribution in [3.8, 4) is 0 Å². The van der Waals surface area contributed by atoms with Crippen LogP contribution in [-0.4, -0.2) is 5.54 Å². The van der Waals surface area contributed by atoms with E-state index in [1.165, 1.54) is 24.8 Å². The lowest BCUT2D eigenvalue weighted by Crippen LogP contribution is -2.46. The van der Waals surface area contributed by atoms with Gasteiger partial charge >= 0.3 is 0 Å². The van der Waals surface area contributed by atoms with Gasteiger partial charge in [-0.1, -0.05) is 13.8 Å². The zero-order valence-electron chi connectivity index (χ0n) is 10.4. The zero-order valence-corrected chi connectivity index (χ0v) is 11.2. The average Bonchev–Trinajstić information content (AvgIpc) is 2.75. The second-order valence-electron chi connectivity index (χ2n) is 5.69. The minimum Gasteiger partial charge on any atom is -0.325 e. The number of hydrogen-bond donors (Lipinski definition) is 1. The van der Waals surface area contributed by atoms with Crippen LogP contribution in [-0.2, 0) is 6.42 Å². The third-order valence-electron chi connectivity index (χ3n) is 4.29. The molecule has 2 heteroatoms. The summed E-state index contributed by atoms with van der Waals surface area (Å²) in [6.07, 6.45) is 6.03. The molecule has 16 heavy (non-hydrogen) atoms. The Balaban J connectivity index is 1.88. The number of thiophene rings is 1. The lowest BCUT2D eigenvalue weighted by molar-refractivity contribution is 0.168. The lowest BCUT2D eigenvalue weighted by atomic mass is 9.70. The van der Waals surface area contributed by atoms with Gasteiger partial charge in [0.05, 0.1) is 0 Å². The summed E-state index contributed by atoms with van der Waals surface area (Å²) in [5.41, 5.74) is 8.10. The number of nitrogens with two attached hydrogens (primary N) is 1. The van der Waals surface area contributed by atoms with E-state index >= 15 is 0 Å². The summed E-state index contributed by atoms with van der Waals surface area (Å²) in [7, 11) is 0. The van der Waals surface area contributed by atoms with Crippen LogP contribution in [0.3, 0.4) is 0 Å². The molecule has 2 N–H and O–H groups in total. The Morgan fingerprint density at radius 1 is 1.44 bits per heavy atom. The van der Waals surface area contributed by atoms with Crippen molar-refractivity contribution in [1.29, 1.82) is 0 Å². The molecule has 0 aromatic carbocycles. The summed E-state index contributed by atoms with van der Waals surface area (Å²) < 4.78 is 0. The van der Waals surface area contributed by atoms with Crippen LogP contribution in [0, 0.1) is 11.8 Å². The number of hydrogen-bond acceptors (Lipinski definition) is 2. The average molecular weight is 237 g/mol. The van der Waals surface area contributed by atoms with Crippen molar-refractivity contribution in [1.82, 2.24) is 0 Å². The maximum absolute atomic E-state index is 6.53. The fourth-order valence-corrected chi connectivity index (χ4v) is 3.50. The van der Waals surface area contributed by atoms with E-state index in [1.54, 1.807) is 11.3 Å². The van der Waals surface area contributed by atoms with Crippen LogP contribution in [0.5, 0.6) is 0 Å². The van der Waals surface area contributed by atoms with Crippen molar-refractivity contribution < 1.29 is 0 Å².